The van der Waals surface area contributed by atoms with E-state index in [2.05, 4.69) is 5.32 Å². The van der Waals surface area contributed by atoms with Crippen molar-refractivity contribution in [1.29, 1.82) is 0 Å². The van der Waals surface area contributed by atoms with E-state index >= 15 is 0 Å². The lowest BCUT2D eigenvalue weighted by molar-refractivity contribution is 0.0601. The topological polar surface area (TPSA) is 38.3 Å². The Morgan fingerprint density at radius 1 is 1.47 bits per heavy atom. The molecule has 0 saturated heterocycles. The Bertz CT molecular complexity index is 411. The quantitative estimate of drug-likeness (QED) is 0.812. The van der Waals surface area contributed by atoms with Gasteiger partial charge in [-0.2, -0.15) is 0 Å². The molecule has 3 heteroatoms. The van der Waals surface area contributed by atoms with Crippen molar-refractivity contribution in [3.63, 3.8) is 0 Å². The summed E-state index contributed by atoms with van der Waals surface area (Å²) in [6, 6.07) is 5.84. The first-order valence-corrected chi connectivity index (χ1v) is 6.13. The van der Waals surface area contributed by atoms with Crippen LogP contribution in [0.5, 0.6) is 0 Å². The minimum absolute atomic E-state index is 0.273. The number of ether oxygens (including phenoxy) is 1. The number of nitrogens with one attached hydrogen (secondary N) is 1. The largest absolute Gasteiger partial charge is 0.465 e. The molecule has 1 N–H and O–H groups in total. The van der Waals surface area contributed by atoms with Gasteiger partial charge in [-0.1, -0.05) is 18.1 Å². The molecule has 92 valence electrons. The van der Waals surface area contributed by atoms with E-state index in [1.807, 2.05) is 25.1 Å². The Morgan fingerprint density at radius 2 is 2.24 bits per heavy atom. The molecule has 1 aromatic rings. The van der Waals surface area contributed by atoms with Crippen molar-refractivity contribution < 1.29 is 9.53 Å². The van der Waals surface area contributed by atoms with Crippen LogP contribution in [0.1, 0.15) is 35.2 Å². The summed E-state index contributed by atoms with van der Waals surface area (Å²) in [6.45, 7) is 2.93. The number of carbonyl (C=O) groups excluding carboxylic acids is 1. The number of methoxy groups -OCH3 is 1. The lowest BCUT2D eigenvalue weighted by atomic mass is 9.85. The first-order chi connectivity index (χ1) is 8.20. The van der Waals surface area contributed by atoms with Crippen molar-refractivity contribution in [2.75, 3.05) is 19.0 Å². The highest BCUT2D eigenvalue weighted by Gasteiger charge is 2.18. The van der Waals surface area contributed by atoms with Crippen LogP contribution >= 0.6 is 0 Å². The standard InChI is InChI=1S/C14H19NO2/c1-10-6-7-13(12(8-10)14(16)17-2)15-9-11-4-3-5-11/h6-8,11,15H,3-5,9H2,1-2H3. The van der Waals surface area contributed by atoms with Gasteiger partial charge in [-0.3, -0.25) is 0 Å². The van der Waals surface area contributed by atoms with E-state index in [-0.39, 0.29) is 5.97 Å². The average molecular weight is 233 g/mol. The Labute approximate surface area is 102 Å². The fourth-order valence-electron chi connectivity index (χ4n) is 2.04. The lowest BCUT2D eigenvalue weighted by Crippen LogP contribution is -2.22. The van der Waals surface area contributed by atoms with Gasteiger partial charge < -0.3 is 10.1 Å². The van der Waals surface area contributed by atoms with Crippen molar-refractivity contribution in [1.82, 2.24) is 0 Å². The monoisotopic (exact) mass is 233 g/mol. The summed E-state index contributed by atoms with van der Waals surface area (Å²) < 4.78 is 4.80. The van der Waals surface area contributed by atoms with Gasteiger partial charge in [0.25, 0.3) is 0 Å². The summed E-state index contributed by atoms with van der Waals surface area (Å²) >= 11 is 0. The molecule has 0 atom stereocenters. The number of rotatable bonds is 4. The van der Waals surface area contributed by atoms with Crippen LogP contribution in [0.4, 0.5) is 5.69 Å². The van der Waals surface area contributed by atoms with Gasteiger partial charge in [0, 0.05) is 12.2 Å². The molecule has 2 rings (SSSR count). The molecule has 17 heavy (non-hydrogen) atoms. The van der Waals surface area contributed by atoms with Gasteiger partial charge >= 0.3 is 5.97 Å². The Morgan fingerprint density at radius 3 is 2.82 bits per heavy atom. The number of hydrogen-bond acceptors (Lipinski definition) is 3. The number of carbonyl (C=O) groups is 1. The maximum atomic E-state index is 11.7. The maximum Gasteiger partial charge on any atom is 0.339 e. The minimum atomic E-state index is -0.273. The Kier molecular flexibility index (Phi) is 3.67. The molecule has 3 nitrogen and oxygen atoms in total. The first-order valence-electron chi connectivity index (χ1n) is 6.13. The van der Waals surface area contributed by atoms with Crippen molar-refractivity contribution in [3.05, 3.63) is 29.3 Å². The van der Waals surface area contributed by atoms with Crippen LogP contribution < -0.4 is 5.32 Å². The van der Waals surface area contributed by atoms with Gasteiger partial charge in [-0.15, -0.1) is 0 Å². The molecule has 0 aromatic heterocycles. The lowest BCUT2D eigenvalue weighted by Gasteiger charge is -2.26. The number of anilines is 1. The molecule has 0 spiro atoms. The zero-order chi connectivity index (χ0) is 12.3. The zero-order valence-electron chi connectivity index (χ0n) is 10.5. The number of esters is 1. The Hall–Kier alpha value is -1.51. The molecule has 1 fully saturated rings. The molecule has 1 saturated carbocycles. The summed E-state index contributed by atoms with van der Waals surface area (Å²) in [6.07, 6.45) is 3.93. The van der Waals surface area contributed by atoms with E-state index in [9.17, 15) is 4.79 Å². The van der Waals surface area contributed by atoms with E-state index in [1.54, 1.807) is 0 Å². The molecule has 1 aliphatic carbocycles. The smallest absolute Gasteiger partial charge is 0.339 e. The normalized spacial score (nSPS) is 15.2. The predicted molar refractivity (Wildman–Crippen MR) is 68.3 cm³/mol. The highest BCUT2D eigenvalue weighted by atomic mass is 16.5. The van der Waals surface area contributed by atoms with Crippen LogP contribution in [-0.4, -0.2) is 19.6 Å². The third-order valence-corrected chi connectivity index (χ3v) is 3.39. The predicted octanol–water partition coefficient (Wildman–Crippen LogP) is 2.99. The molecule has 0 heterocycles. The first kappa shape index (κ1) is 12.0. The van der Waals surface area contributed by atoms with Crippen LogP contribution in [0.2, 0.25) is 0 Å². The highest BCUT2D eigenvalue weighted by Crippen LogP contribution is 2.27. The van der Waals surface area contributed by atoms with Gasteiger partial charge in [-0.25, -0.2) is 4.79 Å². The molecule has 0 unspecified atom stereocenters. The van der Waals surface area contributed by atoms with E-state index in [0.29, 0.717) is 5.56 Å². The summed E-state index contributed by atoms with van der Waals surface area (Å²) in [4.78, 5) is 11.7. The summed E-state index contributed by atoms with van der Waals surface area (Å²) in [5.41, 5.74) is 2.58. The second kappa shape index (κ2) is 5.21. The molecule has 1 aliphatic rings. The number of hydrogen-bond donors (Lipinski definition) is 1. The summed E-state index contributed by atoms with van der Waals surface area (Å²) in [5.74, 6) is 0.492. The number of aryl methyl sites for hydroxylation is 1. The van der Waals surface area contributed by atoms with E-state index in [4.69, 9.17) is 4.74 Å². The summed E-state index contributed by atoms with van der Waals surface area (Å²) in [5, 5.41) is 3.36. The van der Waals surface area contributed by atoms with Gasteiger partial charge in [0.2, 0.25) is 0 Å². The van der Waals surface area contributed by atoms with Gasteiger partial charge in [-0.05, 0) is 37.8 Å². The van der Waals surface area contributed by atoms with Crippen LogP contribution in [0.25, 0.3) is 0 Å². The third kappa shape index (κ3) is 2.78. The van der Waals surface area contributed by atoms with E-state index in [0.717, 1.165) is 23.7 Å². The molecular weight excluding hydrogens is 214 g/mol. The SMILES string of the molecule is COC(=O)c1cc(C)ccc1NCC1CCC1. The molecule has 1 aromatic carbocycles. The highest BCUT2D eigenvalue weighted by molar-refractivity contribution is 5.95. The molecule has 0 radical (unpaired) electrons. The number of benzene rings is 1. The second-order valence-corrected chi connectivity index (χ2v) is 4.72. The van der Waals surface area contributed by atoms with Gasteiger partial charge in [0.1, 0.15) is 0 Å². The maximum absolute atomic E-state index is 11.7. The zero-order valence-corrected chi connectivity index (χ0v) is 10.5. The fraction of sp³-hybridized carbons (Fsp3) is 0.500. The molecule has 0 aliphatic heterocycles. The Balaban J connectivity index is 2.10. The van der Waals surface area contributed by atoms with Gasteiger partial charge in [0.15, 0.2) is 0 Å². The van der Waals surface area contributed by atoms with Crippen molar-refractivity contribution in [3.8, 4) is 0 Å². The average Bonchev–Trinajstić information content (AvgIpc) is 2.27. The minimum Gasteiger partial charge on any atom is -0.465 e. The van der Waals surface area contributed by atoms with Crippen LogP contribution in [0, 0.1) is 12.8 Å². The third-order valence-electron chi connectivity index (χ3n) is 3.39. The van der Waals surface area contributed by atoms with E-state index < -0.39 is 0 Å². The van der Waals surface area contributed by atoms with Crippen molar-refractivity contribution >= 4 is 11.7 Å². The van der Waals surface area contributed by atoms with Crippen LogP contribution in [0.3, 0.4) is 0 Å². The molecular formula is C14H19NO2. The molecule has 0 bridgehead atoms. The second-order valence-electron chi connectivity index (χ2n) is 4.72. The summed E-state index contributed by atoms with van der Waals surface area (Å²) in [7, 11) is 1.42. The molecule has 0 amide bonds. The fourth-order valence-corrected chi connectivity index (χ4v) is 2.04. The van der Waals surface area contributed by atoms with Crippen molar-refractivity contribution in [2.24, 2.45) is 5.92 Å². The van der Waals surface area contributed by atoms with Crippen molar-refractivity contribution in [2.45, 2.75) is 26.2 Å². The van der Waals surface area contributed by atoms with Crippen LogP contribution in [0.15, 0.2) is 18.2 Å². The van der Waals surface area contributed by atoms with E-state index in [1.165, 1.54) is 26.4 Å². The van der Waals surface area contributed by atoms with Gasteiger partial charge in [0.05, 0.1) is 12.7 Å². The van der Waals surface area contributed by atoms with Crippen LogP contribution in [-0.2, 0) is 4.74 Å².